The number of hydrogen-bond acceptors (Lipinski definition) is 2. The first-order valence-electron chi connectivity index (χ1n) is 7.32. The highest BCUT2D eigenvalue weighted by molar-refractivity contribution is 6.30. The topological polar surface area (TPSA) is 38.3 Å². The van der Waals surface area contributed by atoms with Crippen LogP contribution in [-0.4, -0.2) is 12.5 Å². The third-order valence-electron chi connectivity index (χ3n) is 4.07. The van der Waals surface area contributed by atoms with Crippen LogP contribution in [0.1, 0.15) is 16.7 Å². The lowest BCUT2D eigenvalue weighted by molar-refractivity contribution is -0.121. The van der Waals surface area contributed by atoms with Crippen molar-refractivity contribution in [3.05, 3.63) is 58.1 Å². The zero-order chi connectivity index (χ0) is 15.7. The van der Waals surface area contributed by atoms with Gasteiger partial charge in [0.1, 0.15) is 12.4 Å². The summed E-state index contributed by atoms with van der Waals surface area (Å²) in [6.45, 7) is 4.48. The molecule has 1 heterocycles. The number of benzene rings is 2. The summed E-state index contributed by atoms with van der Waals surface area (Å²) in [5, 5.41) is 3.64. The van der Waals surface area contributed by atoms with E-state index >= 15 is 0 Å². The summed E-state index contributed by atoms with van der Waals surface area (Å²) in [4.78, 5) is 12.4. The minimum Gasteiger partial charge on any atom is -0.492 e. The molecule has 1 aliphatic heterocycles. The number of nitrogens with one attached hydrogen (secondary N) is 1. The number of fused-ring (bicyclic) bond motifs is 1. The van der Waals surface area contributed by atoms with Gasteiger partial charge in [-0.15, -0.1) is 0 Å². The molecule has 0 radical (unpaired) electrons. The minimum atomic E-state index is -0.201. The summed E-state index contributed by atoms with van der Waals surface area (Å²) in [6, 6.07) is 11.4. The lowest BCUT2D eigenvalue weighted by atomic mass is 9.96. The van der Waals surface area contributed by atoms with Gasteiger partial charge >= 0.3 is 0 Å². The van der Waals surface area contributed by atoms with E-state index in [0.717, 1.165) is 22.6 Å². The van der Waals surface area contributed by atoms with Crippen LogP contribution in [0.25, 0.3) is 0 Å². The second-order valence-corrected chi connectivity index (χ2v) is 6.19. The molecule has 0 spiro atoms. The van der Waals surface area contributed by atoms with Gasteiger partial charge < -0.3 is 10.1 Å². The normalized spacial score (nSPS) is 16.6. The molecule has 2 aromatic rings. The average molecular weight is 316 g/mol. The quantitative estimate of drug-likeness (QED) is 0.904. The monoisotopic (exact) mass is 315 g/mol. The summed E-state index contributed by atoms with van der Waals surface area (Å²) in [5.41, 5.74) is 4.18. The third-order valence-corrected chi connectivity index (χ3v) is 4.31. The van der Waals surface area contributed by atoms with Gasteiger partial charge in [0.05, 0.1) is 5.92 Å². The zero-order valence-electron chi connectivity index (χ0n) is 12.7. The molecule has 1 N–H and O–H groups in total. The molecule has 0 bridgehead atoms. The summed E-state index contributed by atoms with van der Waals surface area (Å²) < 4.78 is 5.67. The fourth-order valence-corrected chi connectivity index (χ4v) is 2.79. The van der Waals surface area contributed by atoms with Crippen molar-refractivity contribution < 1.29 is 9.53 Å². The molecule has 1 amide bonds. The minimum absolute atomic E-state index is 0.0196. The highest BCUT2D eigenvalue weighted by Gasteiger charge is 2.26. The van der Waals surface area contributed by atoms with Crippen molar-refractivity contribution in [3.8, 4) is 5.75 Å². The van der Waals surface area contributed by atoms with E-state index in [-0.39, 0.29) is 11.8 Å². The van der Waals surface area contributed by atoms with Gasteiger partial charge in [0.15, 0.2) is 0 Å². The molecule has 0 aliphatic carbocycles. The standard InChI is InChI=1S/C18H18ClNO2/c1-11-3-5-16(7-12(11)2)20-18(21)14-8-13-9-15(19)4-6-17(13)22-10-14/h3-7,9,14H,8,10H2,1-2H3,(H,20,21). The molecule has 1 atom stereocenters. The largest absolute Gasteiger partial charge is 0.492 e. The Hall–Kier alpha value is -2.00. The molecule has 3 nitrogen and oxygen atoms in total. The molecule has 0 saturated heterocycles. The van der Waals surface area contributed by atoms with E-state index in [1.807, 2.05) is 37.3 Å². The molecular formula is C18H18ClNO2. The number of aryl methyl sites for hydroxylation is 2. The molecule has 22 heavy (non-hydrogen) atoms. The number of ether oxygens (including phenoxy) is 1. The smallest absolute Gasteiger partial charge is 0.231 e. The lowest BCUT2D eigenvalue weighted by Gasteiger charge is -2.24. The van der Waals surface area contributed by atoms with Gasteiger partial charge in [-0.25, -0.2) is 0 Å². The maximum atomic E-state index is 12.4. The summed E-state index contributed by atoms with van der Waals surface area (Å²) in [6.07, 6.45) is 0.645. The van der Waals surface area contributed by atoms with Crippen molar-refractivity contribution in [1.29, 1.82) is 0 Å². The van der Waals surface area contributed by atoms with Gasteiger partial charge in [-0.05, 0) is 67.3 Å². The lowest BCUT2D eigenvalue weighted by Crippen LogP contribution is -2.32. The summed E-state index contributed by atoms with van der Waals surface area (Å²) in [7, 11) is 0. The number of anilines is 1. The highest BCUT2D eigenvalue weighted by Crippen LogP contribution is 2.30. The Morgan fingerprint density at radius 3 is 2.77 bits per heavy atom. The number of carbonyl (C=O) groups is 1. The number of hydrogen-bond donors (Lipinski definition) is 1. The second kappa shape index (κ2) is 6.01. The van der Waals surface area contributed by atoms with Gasteiger partial charge in [-0.1, -0.05) is 17.7 Å². The Morgan fingerprint density at radius 2 is 2.00 bits per heavy atom. The van der Waals surface area contributed by atoms with Crippen LogP contribution in [0.4, 0.5) is 5.69 Å². The SMILES string of the molecule is Cc1ccc(NC(=O)C2COc3ccc(Cl)cc3C2)cc1C. The van der Waals surface area contributed by atoms with Crippen molar-refractivity contribution in [2.75, 3.05) is 11.9 Å². The molecule has 4 heteroatoms. The van der Waals surface area contributed by atoms with Crippen molar-refractivity contribution in [2.24, 2.45) is 5.92 Å². The van der Waals surface area contributed by atoms with E-state index < -0.39 is 0 Å². The number of halogens is 1. The predicted molar refractivity (Wildman–Crippen MR) is 88.7 cm³/mol. The van der Waals surface area contributed by atoms with E-state index in [1.54, 1.807) is 6.07 Å². The molecule has 0 saturated carbocycles. The third kappa shape index (κ3) is 3.09. The molecular weight excluding hydrogens is 298 g/mol. The molecule has 3 rings (SSSR count). The number of rotatable bonds is 2. The molecule has 0 aromatic heterocycles. The van der Waals surface area contributed by atoms with E-state index in [9.17, 15) is 4.79 Å². The molecule has 1 aliphatic rings. The number of amides is 1. The van der Waals surface area contributed by atoms with Crippen LogP contribution in [0.2, 0.25) is 5.02 Å². The van der Waals surface area contributed by atoms with Crippen molar-refractivity contribution in [1.82, 2.24) is 0 Å². The zero-order valence-corrected chi connectivity index (χ0v) is 13.4. The van der Waals surface area contributed by atoms with Gasteiger partial charge in [0, 0.05) is 10.7 Å². The first-order chi connectivity index (χ1) is 10.5. The van der Waals surface area contributed by atoms with Crippen LogP contribution in [0.5, 0.6) is 5.75 Å². The van der Waals surface area contributed by atoms with Crippen LogP contribution in [-0.2, 0) is 11.2 Å². The maximum Gasteiger partial charge on any atom is 0.231 e. The van der Waals surface area contributed by atoms with Crippen LogP contribution >= 0.6 is 11.6 Å². The number of carbonyl (C=O) groups excluding carboxylic acids is 1. The second-order valence-electron chi connectivity index (χ2n) is 5.75. The van der Waals surface area contributed by atoms with Crippen molar-refractivity contribution >= 4 is 23.2 Å². The Balaban J connectivity index is 1.72. The Kier molecular flexibility index (Phi) is 4.08. The van der Waals surface area contributed by atoms with Crippen LogP contribution in [0.3, 0.4) is 0 Å². The Bertz CT molecular complexity index is 727. The molecule has 1 unspecified atom stereocenters. The van der Waals surface area contributed by atoms with Crippen LogP contribution in [0, 0.1) is 19.8 Å². The molecule has 0 fully saturated rings. The molecule has 114 valence electrons. The van der Waals surface area contributed by atoms with Crippen molar-refractivity contribution in [2.45, 2.75) is 20.3 Å². The first kappa shape index (κ1) is 14.9. The van der Waals surface area contributed by atoms with Gasteiger partial charge in [0.2, 0.25) is 5.91 Å². The predicted octanol–water partition coefficient (Wildman–Crippen LogP) is 4.15. The maximum absolute atomic E-state index is 12.4. The highest BCUT2D eigenvalue weighted by atomic mass is 35.5. The van der Waals surface area contributed by atoms with Crippen molar-refractivity contribution in [3.63, 3.8) is 0 Å². The van der Waals surface area contributed by atoms with E-state index in [0.29, 0.717) is 18.1 Å². The summed E-state index contributed by atoms with van der Waals surface area (Å²) >= 11 is 6.01. The van der Waals surface area contributed by atoms with E-state index in [2.05, 4.69) is 12.2 Å². The Labute approximate surface area is 135 Å². The average Bonchev–Trinajstić information content (AvgIpc) is 2.50. The van der Waals surface area contributed by atoms with Gasteiger partial charge in [0.25, 0.3) is 0 Å². The van der Waals surface area contributed by atoms with Gasteiger partial charge in [-0.3, -0.25) is 4.79 Å². The van der Waals surface area contributed by atoms with Gasteiger partial charge in [-0.2, -0.15) is 0 Å². The fourth-order valence-electron chi connectivity index (χ4n) is 2.59. The van der Waals surface area contributed by atoms with Crippen LogP contribution < -0.4 is 10.1 Å². The van der Waals surface area contributed by atoms with E-state index in [4.69, 9.17) is 16.3 Å². The summed E-state index contributed by atoms with van der Waals surface area (Å²) in [5.74, 6) is 0.598. The van der Waals surface area contributed by atoms with Crippen LogP contribution in [0.15, 0.2) is 36.4 Å². The first-order valence-corrected chi connectivity index (χ1v) is 7.70. The van der Waals surface area contributed by atoms with E-state index in [1.165, 1.54) is 5.56 Å². The Morgan fingerprint density at radius 1 is 1.18 bits per heavy atom. The molecule has 2 aromatic carbocycles. The fraction of sp³-hybridized carbons (Fsp3) is 0.278.